The average molecular weight is 254 g/mol. The minimum Gasteiger partial charge on any atom is -0.479 e. The Morgan fingerprint density at radius 1 is 0.929 bits per heavy atom. The van der Waals surface area contributed by atoms with Crippen molar-refractivity contribution in [3.63, 3.8) is 0 Å². The number of aliphatic hydroxyl groups excluding tert-OH is 2. The number of aliphatic carboxylic acids is 2. The van der Waals surface area contributed by atoms with Gasteiger partial charge in [0.05, 0.1) is 0 Å². The van der Waals surface area contributed by atoms with Gasteiger partial charge in [-0.3, -0.25) is 0 Å². The molecule has 0 saturated carbocycles. The second-order valence-corrected chi connectivity index (χ2v) is 2.03. The van der Waals surface area contributed by atoms with Crippen LogP contribution < -0.4 is 0 Å². The van der Waals surface area contributed by atoms with Gasteiger partial charge in [-0.1, -0.05) is 0 Å². The van der Waals surface area contributed by atoms with Crippen LogP contribution >= 0.6 is 0 Å². The fraction of sp³-hybridized carbons (Fsp3) is 0.667. The molecule has 0 fully saturated rings. The number of hydrogen-bond donors (Lipinski definition) is 4. The van der Waals surface area contributed by atoms with E-state index in [1.54, 1.807) is 0 Å². The van der Waals surface area contributed by atoms with E-state index in [1.165, 1.54) is 13.8 Å². The van der Waals surface area contributed by atoms with Gasteiger partial charge in [-0.25, -0.2) is 9.59 Å². The normalized spacial score (nSPS) is 11.7. The molecule has 0 spiro atoms. The van der Waals surface area contributed by atoms with Crippen LogP contribution in [0.25, 0.3) is 0 Å². The molecule has 0 aromatic heterocycles. The molecule has 0 heterocycles. The van der Waals surface area contributed by atoms with Crippen molar-refractivity contribution in [3.05, 3.63) is 0 Å². The van der Waals surface area contributed by atoms with E-state index in [1.807, 2.05) is 0 Å². The van der Waals surface area contributed by atoms with E-state index in [4.69, 9.17) is 20.4 Å². The Bertz CT molecular complexity index is 138. The van der Waals surface area contributed by atoms with Crippen LogP contribution in [-0.4, -0.2) is 50.0 Å². The Labute approximate surface area is 91.1 Å². The van der Waals surface area contributed by atoms with Crippen molar-refractivity contribution in [1.29, 1.82) is 0 Å². The summed E-state index contributed by atoms with van der Waals surface area (Å²) >= 11 is 0. The second-order valence-electron chi connectivity index (χ2n) is 2.03. The molecule has 0 radical (unpaired) electrons. The molecule has 0 saturated heterocycles. The van der Waals surface area contributed by atoms with Gasteiger partial charge in [0.15, 0.2) is 0 Å². The molecule has 0 aromatic carbocycles. The van der Waals surface area contributed by atoms with Gasteiger partial charge in [0.1, 0.15) is 12.2 Å². The minimum absolute atomic E-state index is 0. The van der Waals surface area contributed by atoms with Crippen LogP contribution in [0.15, 0.2) is 0 Å². The third-order valence-electron chi connectivity index (χ3n) is 0.715. The van der Waals surface area contributed by atoms with Crippen LogP contribution in [0, 0.1) is 0 Å². The Hall–Kier alpha value is -0.661. The van der Waals surface area contributed by atoms with Crippen molar-refractivity contribution >= 4 is 11.9 Å². The van der Waals surface area contributed by atoms with Crippen molar-refractivity contribution in [2.75, 3.05) is 0 Å². The molecule has 0 aliphatic rings. The molecule has 6 N–H and O–H groups in total. The van der Waals surface area contributed by atoms with Crippen LogP contribution in [0.3, 0.4) is 0 Å². The van der Waals surface area contributed by atoms with E-state index in [2.05, 4.69) is 0 Å². The summed E-state index contributed by atoms with van der Waals surface area (Å²) in [5, 5.41) is 31.5. The van der Waals surface area contributed by atoms with Crippen LogP contribution in [0.5, 0.6) is 0 Å². The molecule has 88 valence electrons. The van der Waals surface area contributed by atoms with Crippen LogP contribution in [0.2, 0.25) is 0 Å². The number of rotatable bonds is 2. The molecule has 2 unspecified atom stereocenters. The summed E-state index contributed by atoms with van der Waals surface area (Å²) < 4.78 is 0. The molecule has 14 heavy (non-hydrogen) atoms. The third kappa shape index (κ3) is 22.5. The quantitative estimate of drug-likeness (QED) is 0.422. The number of aliphatic hydroxyl groups is 2. The molecule has 0 aromatic rings. The zero-order valence-corrected chi connectivity index (χ0v) is 8.72. The van der Waals surface area contributed by atoms with E-state index in [0.717, 1.165) is 0 Å². The van der Waals surface area contributed by atoms with E-state index < -0.39 is 24.1 Å². The Morgan fingerprint density at radius 2 is 1.00 bits per heavy atom. The van der Waals surface area contributed by atoms with Crippen molar-refractivity contribution < 1.29 is 52.6 Å². The van der Waals surface area contributed by atoms with Gasteiger partial charge in [-0.05, 0) is 13.8 Å². The molecule has 0 aliphatic heterocycles. The standard InChI is InChI=1S/2C3H6O3.Fe.H2O/c2*1-2(4)3(5)6;;/h2*2,4H,1H3,(H,5,6);;1H2. The number of carboxylic acids is 2. The minimum atomic E-state index is -1.23. The molecule has 0 rings (SSSR count). The maximum absolute atomic E-state index is 9.45. The van der Waals surface area contributed by atoms with Gasteiger partial charge in [0, 0.05) is 17.1 Å². The fourth-order valence-corrected chi connectivity index (χ4v) is 0. The predicted molar refractivity (Wildman–Crippen MR) is 42.2 cm³/mol. The van der Waals surface area contributed by atoms with Gasteiger partial charge in [-0.15, -0.1) is 0 Å². The summed E-state index contributed by atoms with van der Waals surface area (Å²) in [6, 6.07) is 0. The number of hydrogen-bond acceptors (Lipinski definition) is 4. The van der Waals surface area contributed by atoms with Gasteiger partial charge >= 0.3 is 11.9 Å². The molecular weight excluding hydrogens is 240 g/mol. The molecule has 2 atom stereocenters. The van der Waals surface area contributed by atoms with Crippen LogP contribution in [0.4, 0.5) is 0 Å². The van der Waals surface area contributed by atoms with Crippen molar-refractivity contribution in [1.82, 2.24) is 0 Å². The molecule has 7 nitrogen and oxygen atoms in total. The summed E-state index contributed by atoms with van der Waals surface area (Å²) in [5.74, 6) is -2.37. The second kappa shape index (κ2) is 12.3. The summed E-state index contributed by atoms with van der Waals surface area (Å²) in [6.07, 6.45) is -2.46. The monoisotopic (exact) mass is 254 g/mol. The van der Waals surface area contributed by atoms with Gasteiger partial charge < -0.3 is 25.9 Å². The fourth-order valence-electron chi connectivity index (χ4n) is 0. The smallest absolute Gasteiger partial charge is 0.332 e. The van der Waals surface area contributed by atoms with Gasteiger partial charge in [0.2, 0.25) is 0 Å². The molecule has 8 heteroatoms. The average Bonchev–Trinajstić information content (AvgIpc) is 1.88. The van der Waals surface area contributed by atoms with Gasteiger partial charge in [0.25, 0.3) is 0 Å². The Morgan fingerprint density at radius 3 is 1.00 bits per heavy atom. The Kier molecular flexibility index (Phi) is 20.5. The van der Waals surface area contributed by atoms with Crippen LogP contribution in [-0.2, 0) is 26.7 Å². The zero-order chi connectivity index (χ0) is 10.3. The number of carbonyl (C=O) groups is 2. The maximum Gasteiger partial charge on any atom is 0.332 e. The third-order valence-corrected chi connectivity index (χ3v) is 0.715. The molecule has 0 bridgehead atoms. The first-order chi connectivity index (χ1) is 5.29. The first-order valence-electron chi connectivity index (χ1n) is 3.10. The summed E-state index contributed by atoms with van der Waals surface area (Å²) in [4.78, 5) is 18.9. The van der Waals surface area contributed by atoms with Crippen molar-refractivity contribution in [3.8, 4) is 0 Å². The van der Waals surface area contributed by atoms with Crippen molar-refractivity contribution in [2.24, 2.45) is 0 Å². The van der Waals surface area contributed by atoms with E-state index in [-0.39, 0.29) is 22.5 Å². The number of carboxylic acid groups (broad SMARTS) is 2. The first kappa shape index (κ1) is 23.3. The summed E-state index contributed by atoms with van der Waals surface area (Å²) in [5.41, 5.74) is 0. The molecule has 0 amide bonds. The van der Waals surface area contributed by atoms with Gasteiger partial charge in [-0.2, -0.15) is 0 Å². The maximum atomic E-state index is 9.45. The predicted octanol–water partition coefficient (Wildman–Crippen LogP) is -1.92. The summed E-state index contributed by atoms with van der Waals surface area (Å²) in [7, 11) is 0. The summed E-state index contributed by atoms with van der Waals surface area (Å²) in [6.45, 7) is 2.39. The van der Waals surface area contributed by atoms with E-state index >= 15 is 0 Å². The zero-order valence-electron chi connectivity index (χ0n) is 7.61. The van der Waals surface area contributed by atoms with E-state index in [9.17, 15) is 9.59 Å². The van der Waals surface area contributed by atoms with E-state index in [0.29, 0.717) is 0 Å². The Balaban J connectivity index is -0.0000000625. The topological polar surface area (TPSA) is 147 Å². The molecular formula is C6H14FeO7. The van der Waals surface area contributed by atoms with Crippen LogP contribution in [0.1, 0.15) is 13.8 Å². The largest absolute Gasteiger partial charge is 0.479 e. The van der Waals surface area contributed by atoms with Crippen molar-refractivity contribution in [2.45, 2.75) is 26.1 Å². The molecule has 0 aliphatic carbocycles. The SMILES string of the molecule is CC(O)C(=O)O.CC(O)C(=O)O.O.[Fe]. The first-order valence-corrected chi connectivity index (χ1v) is 3.10.